The van der Waals surface area contributed by atoms with Gasteiger partial charge in [0.1, 0.15) is 6.54 Å². The number of hydrogen-bond donors (Lipinski definition) is 1. The second-order valence-corrected chi connectivity index (χ2v) is 10.4. The number of rotatable bonds is 6. The molecule has 1 aromatic heterocycles. The van der Waals surface area contributed by atoms with E-state index in [2.05, 4.69) is 43.0 Å². The predicted molar refractivity (Wildman–Crippen MR) is 108 cm³/mol. The molecule has 0 spiro atoms. The van der Waals surface area contributed by atoms with E-state index in [1.165, 1.54) is 6.20 Å². The van der Waals surface area contributed by atoms with E-state index in [4.69, 9.17) is 4.74 Å². The van der Waals surface area contributed by atoms with Crippen LogP contribution in [0.4, 0.5) is 5.69 Å². The fourth-order valence-corrected chi connectivity index (χ4v) is 5.35. The van der Waals surface area contributed by atoms with E-state index < -0.39 is 27.9 Å². The van der Waals surface area contributed by atoms with E-state index in [1.807, 2.05) is 0 Å². The van der Waals surface area contributed by atoms with Gasteiger partial charge in [-0.3, -0.25) is 9.59 Å². The van der Waals surface area contributed by atoms with Gasteiger partial charge < -0.3 is 10.1 Å². The first-order chi connectivity index (χ1) is 13.5. The SMILES string of the molecule is CCOC(=O)Cn1ncc(N[C@@H]2C[C@@H]3C#C[C@H]([C@H]2C)C3(C)C)c(S(C)(=O)=O)c1=O. The minimum Gasteiger partial charge on any atom is -0.465 e. The summed E-state index contributed by atoms with van der Waals surface area (Å²) < 4.78 is 30.4. The standard InChI is InChI=1S/C20H27N3O5S/c1-6-28-17(24)11-23-19(25)18(29(5,26)27)16(10-21-23)22-15-9-13-7-8-14(12(15)2)20(13,3)4/h10,12-15,22H,6,9,11H2,1-5H3/t12-,13+,14-,15-/m1/s1. The molecule has 2 aliphatic rings. The van der Waals surface area contributed by atoms with Gasteiger partial charge in [-0.25, -0.2) is 13.1 Å². The molecule has 0 amide bonds. The average Bonchev–Trinajstić information content (AvgIpc) is 2.77. The van der Waals surface area contributed by atoms with Crippen molar-refractivity contribution in [3.63, 3.8) is 0 Å². The van der Waals surface area contributed by atoms with Gasteiger partial charge in [0.15, 0.2) is 14.7 Å². The van der Waals surface area contributed by atoms with Gasteiger partial charge >= 0.3 is 5.97 Å². The van der Waals surface area contributed by atoms with Crippen molar-refractivity contribution in [2.24, 2.45) is 23.2 Å². The predicted octanol–water partition coefficient (Wildman–Crippen LogP) is 1.31. The van der Waals surface area contributed by atoms with E-state index >= 15 is 0 Å². The molecule has 9 heteroatoms. The molecule has 2 bridgehead atoms. The number of aromatic nitrogens is 2. The summed E-state index contributed by atoms with van der Waals surface area (Å²) in [5.74, 6) is 6.56. The molecule has 1 heterocycles. The Labute approximate surface area is 170 Å². The maximum atomic E-state index is 12.8. The number of nitrogens with one attached hydrogen (secondary N) is 1. The number of ether oxygens (including phenoxy) is 1. The van der Waals surface area contributed by atoms with Gasteiger partial charge in [0, 0.05) is 24.1 Å². The maximum absolute atomic E-state index is 12.8. The van der Waals surface area contributed by atoms with Crippen molar-refractivity contribution in [3.05, 3.63) is 16.6 Å². The van der Waals surface area contributed by atoms with E-state index in [0.29, 0.717) is 0 Å². The second-order valence-electron chi connectivity index (χ2n) is 8.41. The van der Waals surface area contributed by atoms with Crippen molar-refractivity contribution in [3.8, 4) is 11.8 Å². The molecular weight excluding hydrogens is 394 g/mol. The highest BCUT2D eigenvalue weighted by molar-refractivity contribution is 7.90. The van der Waals surface area contributed by atoms with Gasteiger partial charge in [-0.2, -0.15) is 5.10 Å². The fourth-order valence-electron chi connectivity index (χ4n) is 4.42. The summed E-state index contributed by atoms with van der Waals surface area (Å²) in [4.78, 5) is 24.1. The number of anilines is 1. The highest BCUT2D eigenvalue weighted by Gasteiger charge is 2.49. The third-order valence-electron chi connectivity index (χ3n) is 6.06. The summed E-state index contributed by atoms with van der Waals surface area (Å²) in [6.07, 6.45) is 3.03. The van der Waals surface area contributed by atoms with Crippen LogP contribution in [-0.4, -0.2) is 43.1 Å². The Balaban J connectivity index is 1.93. The van der Waals surface area contributed by atoms with Gasteiger partial charge in [0.05, 0.1) is 18.5 Å². The molecule has 1 N–H and O–H groups in total. The fraction of sp³-hybridized carbons (Fsp3) is 0.650. The van der Waals surface area contributed by atoms with Crippen LogP contribution in [0.2, 0.25) is 0 Å². The summed E-state index contributed by atoms with van der Waals surface area (Å²) in [7, 11) is -3.86. The number of carbonyl (C=O) groups is 1. The average molecular weight is 422 g/mol. The lowest BCUT2D eigenvalue weighted by molar-refractivity contribution is -0.144. The topological polar surface area (TPSA) is 107 Å². The summed E-state index contributed by atoms with van der Waals surface area (Å²) in [5.41, 5.74) is -0.624. The molecule has 0 unspecified atom stereocenters. The Bertz CT molecular complexity index is 1050. The zero-order valence-electron chi connectivity index (χ0n) is 17.4. The normalized spacial score (nSPS) is 27.1. The molecule has 1 aromatic rings. The quantitative estimate of drug-likeness (QED) is 0.545. The Hall–Kier alpha value is -2.34. The highest BCUT2D eigenvalue weighted by atomic mass is 32.2. The van der Waals surface area contributed by atoms with Crippen LogP contribution < -0.4 is 10.9 Å². The molecule has 158 valence electrons. The third kappa shape index (κ3) is 3.90. The largest absolute Gasteiger partial charge is 0.465 e. The molecule has 2 aliphatic carbocycles. The molecule has 0 aromatic carbocycles. The number of nitrogens with zero attached hydrogens (tertiary/aromatic N) is 2. The van der Waals surface area contributed by atoms with Crippen LogP contribution >= 0.6 is 0 Å². The molecule has 0 saturated heterocycles. The van der Waals surface area contributed by atoms with Crippen LogP contribution in [0.3, 0.4) is 0 Å². The van der Waals surface area contributed by atoms with Gasteiger partial charge in [0.2, 0.25) is 0 Å². The van der Waals surface area contributed by atoms with E-state index in [0.717, 1.165) is 17.4 Å². The Morgan fingerprint density at radius 3 is 2.72 bits per heavy atom. The van der Waals surface area contributed by atoms with Crippen molar-refractivity contribution >= 4 is 21.5 Å². The van der Waals surface area contributed by atoms with Crippen molar-refractivity contribution < 1.29 is 17.9 Å². The van der Waals surface area contributed by atoms with Gasteiger partial charge in [-0.15, -0.1) is 0 Å². The molecule has 3 rings (SSSR count). The highest BCUT2D eigenvalue weighted by Crippen LogP contribution is 2.51. The Morgan fingerprint density at radius 2 is 2.10 bits per heavy atom. The van der Waals surface area contributed by atoms with Crippen LogP contribution in [0.1, 0.15) is 34.1 Å². The van der Waals surface area contributed by atoms with Crippen molar-refractivity contribution in [1.29, 1.82) is 0 Å². The monoisotopic (exact) mass is 421 g/mol. The summed E-state index contributed by atoms with van der Waals surface area (Å²) in [5, 5.41) is 7.23. The molecule has 29 heavy (non-hydrogen) atoms. The lowest BCUT2D eigenvalue weighted by atomic mass is 9.60. The zero-order chi connectivity index (χ0) is 21.6. The van der Waals surface area contributed by atoms with E-state index in [1.54, 1.807) is 6.92 Å². The van der Waals surface area contributed by atoms with Crippen LogP contribution in [-0.2, 0) is 25.9 Å². The number of esters is 1. The van der Waals surface area contributed by atoms with Crippen LogP contribution in [0.15, 0.2) is 15.9 Å². The minimum atomic E-state index is -3.86. The smallest absolute Gasteiger partial charge is 0.327 e. The number of carbonyl (C=O) groups excluding carboxylic acids is 1. The van der Waals surface area contributed by atoms with Crippen molar-refractivity contribution in [2.45, 2.75) is 51.6 Å². The van der Waals surface area contributed by atoms with Gasteiger partial charge in [0.25, 0.3) is 5.56 Å². The first-order valence-electron chi connectivity index (χ1n) is 9.70. The Morgan fingerprint density at radius 1 is 1.41 bits per heavy atom. The molecule has 1 fully saturated rings. The molecule has 0 aliphatic heterocycles. The Kier molecular flexibility index (Phi) is 5.52. The van der Waals surface area contributed by atoms with Crippen molar-refractivity contribution in [2.75, 3.05) is 18.2 Å². The molecule has 8 nitrogen and oxygen atoms in total. The summed E-state index contributed by atoms with van der Waals surface area (Å²) in [6.45, 7) is 7.85. The van der Waals surface area contributed by atoms with E-state index in [-0.39, 0.29) is 46.4 Å². The lowest BCUT2D eigenvalue weighted by Crippen LogP contribution is -2.47. The number of hydrogen-bond acceptors (Lipinski definition) is 7. The van der Waals surface area contributed by atoms with Gasteiger partial charge in [-0.05, 0) is 24.7 Å². The first kappa shape index (κ1) is 21.4. The molecule has 0 radical (unpaired) electrons. The first-order valence-corrected chi connectivity index (χ1v) is 11.6. The molecular formula is C20H27N3O5S. The van der Waals surface area contributed by atoms with Crippen molar-refractivity contribution in [1.82, 2.24) is 9.78 Å². The number of fused-ring (bicyclic) bond motifs is 2. The molecule has 4 atom stereocenters. The van der Waals surface area contributed by atoms with Gasteiger partial charge in [-0.1, -0.05) is 32.6 Å². The zero-order valence-corrected chi connectivity index (χ0v) is 18.2. The lowest BCUT2D eigenvalue weighted by Gasteiger charge is -2.45. The van der Waals surface area contributed by atoms with Crippen LogP contribution in [0, 0.1) is 35.0 Å². The second kappa shape index (κ2) is 7.48. The summed E-state index contributed by atoms with van der Waals surface area (Å²) >= 11 is 0. The van der Waals surface area contributed by atoms with Crippen LogP contribution in [0.5, 0.6) is 0 Å². The number of sulfone groups is 1. The third-order valence-corrected chi connectivity index (χ3v) is 7.19. The van der Waals surface area contributed by atoms with Crippen LogP contribution in [0.25, 0.3) is 0 Å². The van der Waals surface area contributed by atoms with E-state index in [9.17, 15) is 18.0 Å². The minimum absolute atomic E-state index is 0.0527. The molecule has 1 saturated carbocycles. The maximum Gasteiger partial charge on any atom is 0.327 e. The summed E-state index contributed by atoms with van der Waals surface area (Å²) in [6, 6.07) is -0.0527.